The number of rotatable bonds is 14. The SMILES string of the molecule is COc1cc(/C=C/C(=O)O[C@H]2[C@H](O[C@H]3O[C@@H](CO)[C@H](O)[C@@H](O)[C@@H]3O[C@@H]3O[C@H](CO)[C@H](O)[C@@H](O)[C@@H]3O)[C@@H](O)[C@@H](CO)O[C@H]2c2c(O)cc3oc(-c4ccc(O)c(OC)c4)cc(=O)c3c2O)ccc1O. The lowest BCUT2D eigenvalue weighted by atomic mass is 9.88. The number of methoxy groups -OCH3 is 2. The molecule has 24 heteroatoms. The summed E-state index contributed by atoms with van der Waals surface area (Å²) in [5.41, 5.74) is -1.40. The number of aliphatic hydroxyl groups is 9. The van der Waals surface area contributed by atoms with Crippen molar-refractivity contribution in [3.05, 3.63) is 76.0 Å². The number of aromatic hydroxyl groups is 4. The van der Waals surface area contributed by atoms with Crippen molar-refractivity contribution in [2.24, 2.45) is 0 Å². The van der Waals surface area contributed by atoms with Gasteiger partial charge in [-0.1, -0.05) is 6.07 Å². The Hall–Kier alpha value is -5.68. The van der Waals surface area contributed by atoms with E-state index in [1.807, 2.05) is 0 Å². The summed E-state index contributed by atoms with van der Waals surface area (Å²) in [4.78, 5) is 27.6. The third kappa shape index (κ3) is 9.78. The van der Waals surface area contributed by atoms with E-state index < -0.39 is 146 Å². The van der Waals surface area contributed by atoms with Crippen molar-refractivity contribution < 1.29 is 113 Å². The molecular formula is C44H50O24. The highest BCUT2D eigenvalue weighted by molar-refractivity contribution is 5.89. The Balaban J connectivity index is 1.32. The van der Waals surface area contributed by atoms with Gasteiger partial charge in [0.2, 0.25) is 0 Å². The minimum absolute atomic E-state index is 0.0272. The molecule has 7 rings (SSSR count). The van der Waals surface area contributed by atoms with Crippen LogP contribution in [0.3, 0.4) is 0 Å². The number of phenolic OH excluding ortho intramolecular Hbond substituents is 4. The van der Waals surface area contributed by atoms with E-state index in [0.717, 1.165) is 18.2 Å². The molecule has 3 aliphatic rings. The second-order valence-corrected chi connectivity index (χ2v) is 15.9. The molecule has 3 aliphatic heterocycles. The lowest BCUT2D eigenvalue weighted by molar-refractivity contribution is -0.382. The van der Waals surface area contributed by atoms with Gasteiger partial charge in [-0.25, -0.2) is 4.79 Å². The van der Waals surface area contributed by atoms with Gasteiger partial charge in [0.05, 0.1) is 39.6 Å². The quantitative estimate of drug-likeness (QED) is 0.0468. The van der Waals surface area contributed by atoms with Crippen molar-refractivity contribution in [3.63, 3.8) is 0 Å². The van der Waals surface area contributed by atoms with Crippen molar-refractivity contribution in [2.75, 3.05) is 34.0 Å². The maximum Gasteiger partial charge on any atom is 0.331 e. The summed E-state index contributed by atoms with van der Waals surface area (Å²) in [5.74, 6) is -3.55. The first-order valence-electron chi connectivity index (χ1n) is 20.8. The molecule has 4 aromatic rings. The molecule has 0 bridgehead atoms. The topological polar surface area (TPSA) is 384 Å². The molecule has 0 spiro atoms. The fourth-order valence-corrected chi connectivity index (χ4v) is 8.09. The molecule has 0 amide bonds. The maximum absolute atomic E-state index is 13.8. The number of benzene rings is 3. The fourth-order valence-electron chi connectivity index (χ4n) is 8.09. The van der Waals surface area contributed by atoms with Crippen LogP contribution >= 0.6 is 0 Å². The summed E-state index contributed by atoms with van der Waals surface area (Å²) in [6.45, 7) is -2.90. The van der Waals surface area contributed by atoms with E-state index >= 15 is 0 Å². The number of carbonyl (C=O) groups excluding carboxylic acids is 1. The summed E-state index contributed by atoms with van der Waals surface area (Å²) in [6, 6.07) is 9.97. The van der Waals surface area contributed by atoms with E-state index in [2.05, 4.69) is 0 Å². The summed E-state index contributed by atoms with van der Waals surface area (Å²) in [5, 5.41) is 139. The van der Waals surface area contributed by atoms with E-state index in [4.69, 9.17) is 42.3 Å². The number of fused-ring (bicyclic) bond motifs is 1. The molecule has 370 valence electrons. The zero-order valence-corrected chi connectivity index (χ0v) is 35.9. The highest BCUT2D eigenvalue weighted by atomic mass is 16.8. The van der Waals surface area contributed by atoms with Crippen LogP contribution in [0.2, 0.25) is 0 Å². The zero-order chi connectivity index (χ0) is 49.3. The van der Waals surface area contributed by atoms with Crippen molar-refractivity contribution in [2.45, 2.75) is 91.9 Å². The Morgan fingerprint density at radius 3 is 1.87 bits per heavy atom. The van der Waals surface area contributed by atoms with E-state index in [0.29, 0.717) is 5.56 Å². The molecule has 13 N–H and O–H groups in total. The van der Waals surface area contributed by atoms with Crippen LogP contribution in [0.4, 0.5) is 0 Å². The average molecular weight is 963 g/mol. The lowest BCUT2D eigenvalue weighted by Crippen LogP contribution is -2.66. The first-order valence-corrected chi connectivity index (χ1v) is 20.8. The summed E-state index contributed by atoms with van der Waals surface area (Å²) < 4.78 is 51.1. The van der Waals surface area contributed by atoms with Gasteiger partial charge in [-0.2, -0.15) is 0 Å². The molecule has 0 aliphatic carbocycles. The Labute approximate surface area is 383 Å². The number of phenols is 4. The molecule has 3 saturated heterocycles. The number of hydrogen-bond acceptors (Lipinski definition) is 24. The number of esters is 1. The van der Waals surface area contributed by atoms with Crippen LogP contribution in [0.25, 0.3) is 28.4 Å². The number of ether oxygens (including phenoxy) is 8. The van der Waals surface area contributed by atoms with Gasteiger partial charge in [-0.3, -0.25) is 4.79 Å². The molecule has 68 heavy (non-hydrogen) atoms. The summed E-state index contributed by atoms with van der Waals surface area (Å²) in [7, 11) is 2.58. The van der Waals surface area contributed by atoms with Gasteiger partial charge in [0.15, 0.2) is 47.1 Å². The van der Waals surface area contributed by atoms with Gasteiger partial charge >= 0.3 is 5.97 Å². The van der Waals surface area contributed by atoms with E-state index in [1.54, 1.807) is 0 Å². The van der Waals surface area contributed by atoms with Gasteiger partial charge in [-0.05, 0) is 42.0 Å². The maximum atomic E-state index is 13.8. The van der Waals surface area contributed by atoms with Crippen LogP contribution in [0, 0.1) is 0 Å². The third-order valence-electron chi connectivity index (χ3n) is 11.7. The molecule has 24 nitrogen and oxygen atoms in total. The Bertz CT molecular complexity index is 2510. The van der Waals surface area contributed by atoms with Gasteiger partial charge in [-0.15, -0.1) is 0 Å². The van der Waals surface area contributed by atoms with Crippen LogP contribution in [0.15, 0.2) is 63.8 Å². The first kappa shape index (κ1) is 50.2. The van der Waals surface area contributed by atoms with Crippen molar-refractivity contribution >= 4 is 23.0 Å². The monoisotopic (exact) mass is 962 g/mol. The van der Waals surface area contributed by atoms with Gasteiger partial charge < -0.3 is 109 Å². The van der Waals surface area contributed by atoms with Crippen molar-refractivity contribution in [3.8, 4) is 45.8 Å². The first-order chi connectivity index (χ1) is 32.4. The Morgan fingerprint density at radius 1 is 0.632 bits per heavy atom. The van der Waals surface area contributed by atoms with Crippen molar-refractivity contribution in [1.82, 2.24) is 0 Å². The van der Waals surface area contributed by atoms with Crippen molar-refractivity contribution in [1.29, 1.82) is 0 Å². The molecular weight excluding hydrogens is 912 g/mol. The molecule has 15 atom stereocenters. The van der Waals surface area contributed by atoms with Gasteiger partial charge in [0.25, 0.3) is 0 Å². The largest absolute Gasteiger partial charge is 0.507 e. The van der Waals surface area contributed by atoms with Gasteiger partial charge in [0.1, 0.15) is 101 Å². The molecule has 1 aromatic heterocycles. The minimum Gasteiger partial charge on any atom is -0.507 e. The van der Waals surface area contributed by atoms with Crippen LogP contribution < -0.4 is 14.9 Å². The average Bonchev–Trinajstić information content (AvgIpc) is 3.32. The second-order valence-electron chi connectivity index (χ2n) is 15.9. The van der Waals surface area contributed by atoms with Crippen LogP contribution in [-0.2, 0) is 33.2 Å². The minimum atomic E-state index is -2.12. The molecule has 0 unspecified atom stereocenters. The van der Waals surface area contributed by atoms with Crippen LogP contribution in [-0.4, -0.2) is 192 Å². The lowest BCUT2D eigenvalue weighted by Gasteiger charge is -2.49. The Kier molecular flexibility index (Phi) is 15.4. The predicted molar refractivity (Wildman–Crippen MR) is 225 cm³/mol. The third-order valence-corrected chi connectivity index (χ3v) is 11.7. The zero-order valence-electron chi connectivity index (χ0n) is 35.9. The van der Waals surface area contributed by atoms with E-state index in [9.17, 15) is 76.0 Å². The highest BCUT2D eigenvalue weighted by Gasteiger charge is 2.56. The van der Waals surface area contributed by atoms with E-state index in [1.165, 1.54) is 56.7 Å². The number of aliphatic hydroxyl groups excluding tert-OH is 9. The van der Waals surface area contributed by atoms with Gasteiger partial charge in [0, 0.05) is 23.8 Å². The predicted octanol–water partition coefficient (Wildman–Crippen LogP) is -2.27. The standard InChI is InChI=1S/C44H50O24/c1-60-23-9-16(3-6-18(23)48)4-8-29(52)66-42-39(31-21(51)12-25-30(35(31)56)20(50)11-22(62-25)17-5-7-19(49)24(10-17)61-2)63-28(15-47)34(55)40(42)67-44-41(37(58)33(54)27(14-46)65-44)68-43-38(59)36(57)32(53)26(13-45)64-43/h3-12,26-28,32-34,36-49,51,53-59H,13-15H2,1-2H3/b8-4+/t26-,27+,28-,32+,33+,34+,36-,37-,38+,39+,40-,41+,42-,43+,44-/m1/s1. The second kappa shape index (κ2) is 20.9. The molecule has 3 aromatic carbocycles. The summed E-state index contributed by atoms with van der Waals surface area (Å²) in [6.07, 6.45) is -27.2. The summed E-state index contributed by atoms with van der Waals surface area (Å²) >= 11 is 0. The molecule has 0 radical (unpaired) electrons. The fraction of sp³-hybridized carbons (Fsp3) is 0.455. The number of carbonyl (C=O) groups is 1. The van der Waals surface area contributed by atoms with Crippen LogP contribution in [0.5, 0.6) is 34.5 Å². The van der Waals surface area contributed by atoms with E-state index in [-0.39, 0.29) is 39.9 Å². The smallest absolute Gasteiger partial charge is 0.331 e. The molecule has 4 heterocycles. The van der Waals surface area contributed by atoms with Crippen LogP contribution in [0.1, 0.15) is 17.2 Å². The Morgan fingerprint density at radius 2 is 1.22 bits per heavy atom. The molecule has 3 fully saturated rings. The highest BCUT2D eigenvalue weighted by Crippen LogP contribution is 2.47. The molecule has 0 saturated carbocycles. The number of hydrogen-bond donors (Lipinski definition) is 13. The normalized spacial score (nSPS) is 32.0.